The van der Waals surface area contributed by atoms with Crippen LogP contribution in [0.1, 0.15) is 0 Å². The summed E-state index contributed by atoms with van der Waals surface area (Å²) < 4.78 is 1.52. The van der Waals surface area contributed by atoms with Crippen LogP contribution in [0.4, 0.5) is 0 Å². The van der Waals surface area contributed by atoms with Crippen LogP contribution >= 0.6 is 0 Å². The van der Waals surface area contributed by atoms with E-state index in [9.17, 15) is 0 Å². The third kappa shape index (κ3) is 5.10. The predicted octanol–water partition coefficient (Wildman–Crippen LogP) is 1.45. The zero-order valence-electron chi connectivity index (χ0n) is 4.65. The predicted molar refractivity (Wildman–Crippen MR) is 33.9 cm³/mol. The molecule has 0 amide bonds. The van der Waals surface area contributed by atoms with Gasteiger partial charge in [0.2, 0.25) is 0 Å². The van der Waals surface area contributed by atoms with Gasteiger partial charge in [0, 0.05) is 0 Å². The first-order valence-corrected chi connectivity index (χ1v) is 8.34. The fourth-order valence-electron chi connectivity index (χ4n) is 0. The maximum atomic E-state index is 2.41. The van der Waals surface area contributed by atoms with E-state index in [1.54, 1.807) is 24.7 Å². The molecule has 0 fully saturated rings. The molecule has 0 heterocycles. The van der Waals surface area contributed by atoms with Crippen LogP contribution in [0, 0.1) is 0 Å². The van der Waals surface area contributed by atoms with Crippen molar-refractivity contribution in [3.05, 3.63) is 0 Å². The van der Waals surface area contributed by atoms with Crippen molar-refractivity contribution in [2.45, 2.75) is 23.4 Å². The van der Waals surface area contributed by atoms with Crippen LogP contribution in [0.15, 0.2) is 0 Å². The van der Waals surface area contributed by atoms with Gasteiger partial charge in [0.05, 0.1) is 0 Å². The van der Waals surface area contributed by atoms with E-state index in [1.165, 1.54) is 3.75 Å². The van der Waals surface area contributed by atoms with Gasteiger partial charge in [-0.15, -0.1) is 0 Å². The molecule has 0 saturated carbocycles. The Morgan fingerprint density at radius 1 is 1.33 bits per heavy atom. The summed E-state index contributed by atoms with van der Waals surface area (Å²) in [5, 5.41) is 0. The Balaban J connectivity index is 3.17. The SMILES string of the molecule is C[Si](C)(C)[CH2][Bi]. The van der Waals surface area contributed by atoms with Gasteiger partial charge in [-0.25, -0.2) is 0 Å². The molecule has 0 aromatic heterocycles. The van der Waals surface area contributed by atoms with Crippen molar-refractivity contribution in [1.82, 2.24) is 0 Å². The summed E-state index contributed by atoms with van der Waals surface area (Å²) in [6.45, 7) is 7.23. The summed E-state index contributed by atoms with van der Waals surface area (Å²) in [6, 6.07) is 0. The summed E-state index contributed by atoms with van der Waals surface area (Å²) in [7, 11) is -0.582. The molecule has 0 aromatic carbocycles. The van der Waals surface area contributed by atoms with Gasteiger partial charge in [-0.3, -0.25) is 0 Å². The second-order valence-electron chi connectivity index (χ2n) is 2.72. The summed E-state index contributed by atoms with van der Waals surface area (Å²) in [6.07, 6.45) is 0. The standard InChI is InChI=1S/C4H11Si.Bi/c1-5(2,3)4;/h1H2,2-4H3;. The van der Waals surface area contributed by atoms with Gasteiger partial charge >= 0.3 is 56.2 Å². The molecule has 0 nitrogen and oxygen atoms in total. The molecule has 2 heteroatoms. The molecular weight excluding hydrogens is 285 g/mol. The van der Waals surface area contributed by atoms with Gasteiger partial charge in [-0.05, 0) is 0 Å². The molecule has 0 N–H and O–H groups in total. The monoisotopic (exact) mass is 296 g/mol. The van der Waals surface area contributed by atoms with E-state index in [0.29, 0.717) is 0 Å². The summed E-state index contributed by atoms with van der Waals surface area (Å²) in [4.78, 5) is 0. The fourth-order valence-corrected chi connectivity index (χ4v) is 0. The van der Waals surface area contributed by atoms with Gasteiger partial charge in [0.1, 0.15) is 0 Å². The van der Waals surface area contributed by atoms with Crippen LogP contribution in [0.5, 0.6) is 0 Å². The van der Waals surface area contributed by atoms with E-state index in [-0.39, 0.29) is 0 Å². The summed E-state index contributed by atoms with van der Waals surface area (Å²) in [5.74, 6) is 0. The number of hydrogen-bond donors (Lipinski definition) is 0. The molecule has 36 valence electrons. The number of hydrogen-bond acceptors (Lipinski definition) is 0. The molecule has 0 saturated heterocycles. The van der Waals surface area contributed by atoms with Gasteiger partial charge in [0.15, 0.2) is 0 Å². The molecule has 0 bridgehead atoms. The van der Waals surface area contributed by atoms with E-state index in [1.807, 2.05) is 0 Å². The first kappa shape index (κ1) is 7.10. The van der Waals surface area contributed by atoms with Crippen LogP contribution < -0.4 is 0 Å². The van der Waals surface area contributed by atoms with Crippen LogP contribution in [0.25, 0.3) is 0 Å². The van der Waals surface area contributed by atoms with E-state index >= 15 is 0 Å². The van der Waals surface area contributed by atoms with Gasteiger partial charge in [0.25, 0.3) is 0 Å². The van der Waals surface area contributed by atoms with Crippen molar-refractivity contribution in [1.29, 1.82) is 0 Å². The van der Waals surface area contributed by atoms with Crippen molar-refractivity contribution >= 4 is 32.8 Å². The van der Waals surface area contributed by atoms with Crippen LogP contribution in [-0.4, -0.2) is 32.8 Å². The Bertz CT molecular complexity index is 37.3. The van der Waals surface area contributed by atoms with Crippen molar-refractivity contribution in [3.63, 3.8) is 0 Å². The molecule has 0 aliphatic carbocycles. The Hall–Kier alpha value is 1.10. The average Bonchev–Trinajstić information content (AvgIpc) is 1.35. The molecule has 0 aliphatic rings. The van der Waals surface area contributed by atoms with Gasteiger partial charge < -0.3 is 0 Å². The van der Waals surface area contributed by atoms with E-state index in [0.717, 1.165) is 0 Å². The average molecular weight is 296 g/mol. The molecule has 0 rings (SSSR count). The zero-order chi connectivity index (χ0) is 5.21. The molecule has 0 unspecified atom stereocenters. The molecule has 6 heavy (non-hydrogen) atoms. The minimum atomic E-state index is -0.582. The van der Waals surface area contributed by atoms with Crippen LogP contribution in [0.2, 0.25) is 23.4 Å². The molecule has 0 aliphatic heterocycles. The Morgan fingerprint density at radius 3 is 1.50 bits per heavy atom. The molecular formula is C4H11BiSi. The third-order valence-corrected chi connectivity index (χ3v) is 12.5. The molecule has 0 aromatic rings. The first-order chi connectivity index (χ1) is 2.56. The summed E-state index contributed by atoms with van der Waals surface area (Å²) in [5.41, 5.74) is 0. The minimum absolute atomic E-state index is 0.582. The Morgan fingerprint density at radius 2 is 1.50 bits per heavy atom. The molecule has 0 spiro atoms. The fraction of sp³-hybridized carbons (Fsp3) is 1.00. The van der Waals surface area contributed by atoms with Crippen LogP contribution in [-0.2, 0) is 0 Å². The van der Waals surface area contributed by atoms with Crippen LogP contribution in [0.3, 0.4) is 0 Å². The Kier molecular flexibility index (Phi) is 2.86. The van der Waals surface area contributed by atoms with E-state index in [2.05, 4.69) is 19.6 Å². The molecule has 2 radical (unpaired) electrons. The topological polar surface area (TPSA) is 0 Å². The summed E-state index contributed by atoms with van der Waals surface area (Å²) >= 11 is 1.58. The molecule has 0 atom stereocenters. The Labute approximate surface area is 56.2 Å². The quantitative estimate of drug-likeness (QED) is 0.643. The van der Waals surface area contributed by atoms with Crippen molar-refractivity contribution in [2.24, 2.45) is 0 Å². The number of rotatable bonds is 1. The van der Waals surface area contributed by atoms with Crippen molar-refractivity contribution in [3.8, 4) is 0 Å². The van der Waals surface area contributed by atoms with E-state index in [4.69, 9.17) is 0 Å². The normalized spacial score (nSPS) is 12.0. The third-order valence-electron chi connectivity index (χ3n) is 0.474. The van der Waals surface area contributed by atoms with Crippen molar-refractivity contribution < 1.29 is 0 Å². The first-order valence-electron chi connectivity index (χ1n) is 2.17. The van der Waals surface area contributed by atoms with Gasteiger partial charge in [-0.1, -0.05) is 0 Å². The maximum absolute atomic E-state index is 2.41. The zero-order valence-corrected chi connectivity index (χ0v) is 9.13. The second-order valence-corrected chi connectivity index (χ2v) is 11.8. The van der Waals surface area contributed by atoms with E-state index < -0.39 is 8.07 Å². The second kappa shape index (κ2) is 2.42. The van der Waals surface area contributed by atoms with Gasteiger partial charge in [-0.2, -0.15) is 0 Å². The van der Waals surface area contributed by atoms with Crippen molar-refractivity contribution in [2.75, 3.05) is 0 Å².